The van der Waals surface area contributed by atoms with Crippen LogP contribution < -0.4 is 5.32 Å². The van der Waals surface area contributed by atoms with Crippen molar-refractivity contribution >= 4 is 39.7 Å². The van der Waals surface area contributed by atoms with Crippen molar-refractivity contribution in [2.45, 2.75) is 52.1 Å². The molecular formula is C27H31N7O2. The van der Waals surface area contributed by atoms with Gasteiger partial charge in [0.1, 0.15) is 0 Å². The number of nitrogens with zero attached hydrogens (tertiary/aromatic N) is 6. The molecule has 3 aromatic heterocycles. The first-order valence-electron chi connectivity index (χ1n) is 12.4. The lowest BCUT2D eigenvalue weighted by Gasteiger charge is -2.26. The zero-order chi connectivity index (χ0) is 25.4. The topological polar surface area (TPSA) is 97.9 Å². The van der Waals surface area contributed by atoms with Crippen LogP contribution in [-0.4, -0.2) is 54.1 Å². The van der Waals surface area contributed by atoms with Gasteiger partial charge in [0.25, 0.3) is 5.91 Å². The Bertz CT molecular complexity index is 1470. The number of carbonyl (C=O) groups excluding carboxylic acids is 2. The number of carbonyl (C=O) groups is 2. The third kappa shape index (κ3) is 4.25. The molecule has 0 bridgehead atoms. The Morgan fingerprint density at radius 1 is 1.22 bits per heavy atom. The van der Waals surface area contributed by atoms with E-state index in [9.17, 15) is 9.59 Å². The Morgan fingerprint density at radius 3 is 2.81 bits per heavy atom. The third-order valence-electron chi connectivity index (χ3n) is 6.80. The molecule has 1 aliphatic heterocycles. The molecule has 9 heteroatoms. The van der Waals surface area contributed by atoms with Gasteiger partial charge in [0.05, 0.1) is 28.8 Å². The summed E-state index contributed by atoms with van der Waals surface area (Å²) >= 11 is 0. The van der Waals surface area contributed by atoms with Crippen molar-refractivity contribution in [1.82, 2.24) is 29.2 Å². The van der Waals surface area contributed by atoms with Gasteiger partial charge in [0.2, 0.25) is 11.9 Å². The second kappa shape index (κ2) is 9.56. The molecule has 1 aliphatic rings. The van der Waals surface area contributed by atoms with Crippen LogP contribution in [0.5, 0.6) is 0 Å². The zero-order valence-corrected chi connectivity index (χ0v) is 20.9. The van der Waals surface area contributed by atoms with E-state index in [0.717, 1.165) is 46.9 Å². The molecule has 1 saturated heterocycles. The Morgan fingerprint density at radius 2 is 2.06 bits per heavy atom. The number of imidazole rings is 1. The lowest BCUT2D eigenvalue weighted by Crippen LogP contribution is -2.34. The van der Waals surface area contributed by atoms with Gasteiger partial charge in [-0.1, -0.05) is 6.58 Å². The summed E-state index contributed by atoms with van der Waals surface area (Å²) in [5.74, 6) is 0.132. The number of fused-ring (bicyclic) bond motifs is 3. The van der Waals surface area contributed by atoms with Crippen molar-refractivity contribution in [3.8, 4) is 0 Å². The highest BCUT2D eigenvalue weighted by Gasteiger charge is 2.28. The van der Waals surface area contributed by atoms with Crippen LogP contribution in [0.2, 0.25) is 0 Å². The minimum Gasteiger partial charge on any atom is -0.337 e. The lowest BCUT2D eigenvalue weighted by molar-refractivity contribution is -0.126. The van der Waals surface area contributed by atoms with Crippen LogP contribution in [0.4, 0.5) is 5.95 Å². The molecular weight excluding hydrogens is 454 g/mol. The second-order valence-electron chi connectivity index (χ2n) is 9.63. The first-order valence-corrected chi connectivity index (χ1v) is 12.4. The highest BCUT2D eigenvalue weighted by Crippen LogP contribution is 2.35. The van der Waals surface area contributed by atoms with E-state index in [2.05, 4.69) is 40.4 Å². The second-order valence-corrected chi connectivity index (χ2v) is 9.63. The third-order valence-corrected chi connectivity index (χ3v) is 6.80. The van der Waals surface area contributed by atoms with Gasteiger partial charge in [0.15, 0.2) is 0 Å². The number of amides is 2. The molecule has 0 saturated carbocycles. The van der Waals surface area contributed by atoms with Crippen molar-refractivity contribution in [3.63, 3.8) is 0 Å². The van der Waals surface area contributed by atoms with E-state index >= 15 is 0 Å². The van der Waals surface area contributed by atoms with Crippen molar-refractivity contribution in [2.75, 3.05) is 18.4 Å². The Balaban J connectivity index is 1.67. The number of benzene rings is 1. The molecule has 36 heavy (non-hydrogen) atoms. The largest absolute Gasteiger partial charge is 0.337 e. The fourth-order valence-corrected chi connectivity index (χ4v) is 5.09. The van der Waals surface area contributed by atoms with Crippen LogP contribution >= 0.6 is 0 Å². The summed E-state index contributed by atoms with van der Waals surface area (Å²) in [6.07, 6.45) is 7.61. The molecule has 0 unspecified atom stereocenters. The molecule has 1 aromatic carbocycles. The van der Waals surface area contributed by atoms with E-state index in [-0.39, 0.29) is 23.9 Å². The number of pyridine rings is 1. The van der Waals surface area contributed by atoms with E-state index in [1.807, 2.05) is 34.8 Å². The maximum Gasteiger partial charge on any atom is 0.258 e. The number of hydrogen-bond donors (Lipinski definition) is 1. The van der Waals surface area contributed by atoms with Gasteiger partial charge in [-0.05, 0) is 70.4 Å². The van der Waals surface area contributed by atoms with Crippen molar-refractivity contribution in [1.29, 1.82) is 0 Å². The highest BCUT2D eigenvalue weighted by molar-refractivity contribution is 6.07. The predicted octanol–water partition coefficient (Wildman–Crippen LogP) is 4.66. The van der Waals surface area contributed by atoms with E-state index in [1.165, 1.54) is 6.08 Å². The maximum atomic E-state index is 13.2. The van der Waals surface area contributed by atoms with Crippen molar-refractivity contribution in [3.05, 3.63) is 60.6 Å². The summed E-state index contributed by atoms with van der Waals surface area (Å²) in [6, 6.07) is 7.58. The van der Waals surface area contributed by atoms with Crippen LogP contribution in [0.1, 0.15) is 61.2 Å². The van der Waals surface area contributed by atoms with Crippen LogP contribution in [-0.2, 0) is 4.79 Å². The van der Waals surface area contributed by atoms with Gasteiger partial charge in [-0.15, -0.1) is 0 Å². The quantitative estimate of drug-likeness (QED) is 0.415. The average Bonchev–Trinajstić information content (AvgIpc) is 3.36. The fraction of sp³-hybridized carbons (Fsp3) is 0.370. The first-order chi connectivity index (χ1) is 17.4. The molecule has 1 atom stereocenters. The van der Waals surface area contributed by atoms with E-state index < -0.39 is 0 Å². The summed E-state index contributed by atoms with van der Waals surface area (Å²) in [4.78, 5) is 36.7. The Hall–Kier alpha value is -4.01. The number of aryl methyl sites for hydroxylation is 1. The summed E-state index contributed by atoms with van der Waals surface area (Å²) in [6.45, 7) is 10.9. The van der Waals surface area contributed by atoms with E-state index in [0.29, 0.717) is 24.6 Å². The first kappa shape index (κ1) is 23.7. The van der Waals surface area contributed by atoms with Gasteiger partial charge < -0.3 is 9.47 Å². The van der Waals surface area contributed by atoms with Gasteiger partial charge in [-0.3, -0.25) is 24.6 Å². The summed E-state index contributed by atoms with van der Waals surface area (Å²) in [5, 5.41) is 8.66. The number of rotatable bonds is 5. The molecule has 5 rings (SSSR count). The van der Waals surface area contributed by atoms with Gasteiger partial charge in [-0.2, -0.15) is 5.10 Å². The van der Waals surface area contributed by atoms with Crippen LogP contribution in [0.15, 0.2) is 49.3 Å². The normalized spacial score (nSPS) is 16.4. The summed E-state index contributed by atoms with van der Waals surface area (Å²) in [5.41, 5.74) is 3.98. The van der Waals surface area contributed by atoms with Crippen LogP contribution in [0, 0.1) is 6.92 Å². The smallest absolute Gasteiger partial charge is 0.258 e. The summed E-state index contributed by atoms with van der Waals surface area (Å²) in [7, 11) is 0. The van der Waals surface area contributed by atoms with Crippen LogP contribution in [0.25, 0.3) is 21.9 Å². The van der Waals surface area contributed by atoms with Gasteiger partial charge in [-0.25, -0.2) is 4.98 Å². The average molecular weight is 486 g/mol. The zero-order valence-electron chi connectivity index (χ0n) is 20.9. The van der Waals surface area contributed by atoms with Gasteiger partial charge >= 0.3 is 0 Å². The molecule has 1 fully saturated rings. The minimum atomic E-state index is -0.251. The standard InChI is InChI=1S/C27H31N7O2/c1-5-24(35)32-13-7-6-8-20(16-32)33-25-21-15-29-34(17(2)3)23(21)10-9-22(25)30-27(33)31-26(36)19-11-12-28-18(4)14-19/h5,9-12,14-15,17,20H,1,6-8,13,16H2,2-4H3,(H,30,31,36)/t20-/m1/s1. The molecule has 2 amide bonds. The molecule has 0 radical (unpaired) electrons. The maximum absolute atomic E-state index is 13.2. The number of nitrogens with one attached hydrogen (secondary N) is 1. The molecule has 186 valence electrons. The molecule has 4 aromatic rings. The van der Waals surface area contributed by atoms with Gasteiger partial charge in [0, 0.05) is 42.0 Å². The lowest BCUT2D eigenvalue weighted by atomic mass is 10.1. The number of aromatic nitrogens is 5. The Kier molecular flexibility index (Phi) is 6.30. The molecule has 0 aliphatic carbocycles. The van der Waals surface area contributed by atoms with E-state index in [4.69, 9.17) is 4.98 Å². The fourth-order valence-electron chi connectivity index (χ4n) is 5.09. The molecule has 9 nitrogen and oxygen atoms in total. The van der Waals surface area contributed by atoms with Crippen molar-refractivity contribution in [2.24, 2.45) is 0 Å². The summed E-state index contributed by atoms with van der Waals surface area (Å²) < 4.78 is 4.09. The predicted molar refractivity (Wildman–Crippen MR) is 140 cm³/mol. The number of hydrogen-bond acceptors (Lipinski definition) is 5. The SMILES string of the molecule is C=CC(=O)N1CCCC[C@@H](n2c(NC(=O)c3ccnc(C)c3)nc3ccc4c(cnn4C(C)C)c32)C1. The molecule has 0 spiro atoms. The molecule has 1 N–H and O–H groups in total. The molecule has 4 heterocycles. The monoisotopic (exact) mass is 485 g/mol. The number of anilines is 1. The minimum absolute atomic E-state index is 0.0659. The Labute approximate surface area is 209 Å². The highest BCUT2D eigenvalue weighted by atomic mass is 16.2. The van der Waals surface area contributed by atoms with Crippen LogP contribution in [0.3, 0.4) is 0 Å². The van der Waals surface area contributed by atoms with Crippen molar-refractivity contribution < 1.29 is 9.59 Å². The number of likely N-dealkylation sites (tertiary alicyclic amines) is 1. The van der Waals surface area contributed by atoms with E-state index in [1.54, 1.807) is 18.3 Å².